The highest BCUT2D eigenvalue weighted by atomic mass is 19.1. The predicted molar refractivity (Wildman–Crippen MR) is 79.1 cm³/mol. The summed E-state index contributed by atoms with van der Waals surface area (Å²) in [5.74, 6) is -0.128. The first-order valence-corrected chi connectivity index (χ1v) is 6.82. The van der Waals surface area contributed by atoms with Crippen LogP contribution < -0.4 is 11.1 Å². The molecule has 0 radical (unpaired) electrons. The molecule has 0 saturated carbocycles. The predicted octanol–water partition coefficient (Wildman–Crippen LogP) is 1.43. The Hall–Kier alpha value is -1.24. The van der Waals surface area contributed by atoms with Gasteiger partial charge < -0.3 is 21.3 Å². The molecule has 0 aliphatic rings. The molecule has 0 saturated heterocycles. The van der Waals surface area contributed by atoms with E-state index in [1.54, 1.807) is 13.0 Å². The zero-order chi connectivity index (χ0) is 15.6. The molecule has 0 spiro atoms. The van der Waals surface area contributed by atoms with Crippen molar-refractivity contribution < 1.29 is 14.6 Å². The van der Waals surface area contributed by atoms with Crippen molar-refractivity contribution in [3.63, 3.8) is 0 Å². The summed E-state index contributed by atoms with van der Waals surface area (Å²) in [5.41, 5.74) is 4.85. The number of hydrogen-bond acceptors (Lipinski definition) is 5. The number of pyridine rings is 1. The number of halogens is 1. The molecule has 1 aromatic rings. The Morgan fingerprint density at radius 3 is 2.50 bits per heavy atom. The topological polar surface area (TPSA) is 91.4 Å². The van der Waals surface area contributed by atoms with Crippen LogP contribution in [0.25, 0.3) is 0 Å². The van der Waals surface area contributed by atoms with E-state index in [1.807, 2.05) is 0 Å². The largest absolute Gasteiger partial charge is 0.393 e. The van der Waals surface area contributed by atoms with Crippen molar-refractivity contribution in [3.05, 3.63) is 23.6 Å². The summed E-state index contributed by atoms with van der Waals surface area (Å²) in [5, 5.41) is 21.6. The number of aryl methyl sites for hydroxylation is 1. The van der Waals surface area contributed by atoms with E-state index in [-0.39, 0.29) is 13.0 Å². The number of nitrogens with zero attached hydrogens (tertiary/aromatic N) is 1. The molecule has 116 valence electrons. The standard InChI is InChI=1S/C11H18FN3O2.C3H8/c1-8-2-3-9(12)15-10(8)14-5-4-11(17,6-13)7-16;1-3-2/h2-3,16-17H,4-7,13H2,1H3,(H,14,15);3H2,1-2H3. The highest BCUT2D eigenvalue weighted by molar-refractivity contribution is 5.42. The number of aliphatic hydroxyl groups is 2. The van der Waals surface area contributed by atoms with Crippen LogP contribution in [0, 0.1) is 12.9 Å². The van der Waals surface area contributed by atoms with Crippen LogP contribution in [0.4, 0.5) is 10.2 Å². The first-order chi connectivity index (χ1) is 9.42. The lowest BCUT2D eigenvalue weighted by atomic mass is 10.0. The van der Waals surface area contributed by atoms with Crippen molar-refractivity contribution in [2.24, 2.45) is 5.73 Å². The molecule has 20 heavy (non-hydrogen) atoms. The van der Waals surface area contributed by atoms with E-state index in [4.69, 9.17) is 10.8 Å². The fourth-order valence-electron chi connectivity index (χ4n) is 1.34. The summed E-state index contributed by atoms with van der Waals surface area (Å²) < 4.78 is 12.9. The number of aromatic nitrogens is 1. The third kappa shape index (κ3) is 6.79. The lowest BCUT2D eigenvalue weighted by Crippen LogP contribution is -2.43. The summed E-state index contributed by atoms with van der Waals surface area (Å²) in [6, 6.07) is 2.90. The average Bonchev–Trinajstić information content (AvgIpc) is 2.43. The van der Waals surface area contributed by atoms with Crippen molar-refractivity contribution in [2.45, 2.75) is 39.2 Å². The van der Waals surface area contributed by atoms with Crippen LogP contribution in [-0.4, -0.2) is 40.5 Å². The zero-order valence-electron chi connectivity index (χ0n) is 12.5. The third-order valence-corrected chi connectivity index (χ3v) is 2.62. The number of anilines is 1. The van der Waals surface area contributed by atoms with Gasteiger partial charge in [0.2, 0.25) is 5.95 Å². The molecule has 5 N–H and O–H groups in total. The lowest BCUT2D eigenvalue weighted by Gasteiger charge is -2.24. The Morgan fingerprint density at radius 2 is 2.00 bits per heavy atom. The number of nitrogens with two attached hydrogens (primary N) is 1. The normalized spacial score (nSPS) is 13.2. The number of nitrogens with one attached hydrogen (secondary N) is 1. The smallest absolute Gasteiger partial charge is 0.214 e. The molecule has 5 nitrogen and oxygen atoms in total. The molecule has 0 aromatic carbocycles. The van der Waals surface area contributed by atoms with Gasteiger partial charge >= 0.3 is 0 Å². The molecule has 1 unspecified atom stereocenters. The molecular weight excluding hydrogens is 261 g/mol. The molecule has 1 aromatic heterocycles. The van der Waals surface area contributed by atoms with Gasteiger partial charge in [-0.15, -0.1) is 0 Å². The summed E-state index contributed by atoms with van der Waals surface area (Å²) in [4.78, 5) is 3.69. The molecule has 6 heteroatoms. The minimum absolute atomic E-state index is 0.0270. The van der Waals surface area contributed by atoms with E-state index in [2.05, 4.69) is 24.1 Å². The second-order valence-corrected chi connectivity index (χ2v) is 4.77. The maximum Gasteiger partial charge on any atom is 0.214 e. The van der Waals surface area contributed by atoms with Crippen LogP contribution in [0.5, 0.6) is 0 Å². The lowest BCUT2D eigenvalue weighted by molar-refractivity contribution is -0.0106. The maximum atomic E-state index is 12.9. The molecule has 0 aliphatic carbocycles. The molecule has 1 rings (SSSR count). The van der Waals surface area contributed by atoms with Crippen LogP contribution >= 0.6 is 0 Å². The minimum Gasteiger partial charge on any atom is -0.393 e. The highest BCUT2D eigenvalue weighted by Crippen LogP contribution is 2.13. The maximum absolute atomic E-state index is 12.9. The van der Waals surface area contributed by atoms with E-state index < -0.39 is 18.2 Å². The second-order valence-electron chi connectivity index (χ2n) is 4.77. The molecule has 1 atom stereocenters. The van der Waals surface area contributed by atoms with Crippen molar-refractivity contribution in [1.29, 1.82) is 0 Å². The quantitative estimate of drug-likeness (QED) is 0.594. The van der Waals surface area contributed by atoms with Gasteiger partial charge in [0.1, 0.15) is 11.4 Å². The van der Waals surface area contributed by atoms with Gasteiger partial charge in [0.25, 0.3) is 0 Å². The Balaban J connectivity index is 0.00000110. The van der Waals surface area contributed by atoms with Gasteiger partial charge in [-0.1, -0.05) is 26.3 Å². The van der Waals surface area contributed by atoms with E-state index in [1.165, 1.54) is 12.5 Å². The Bertz CT molecular complexity index is 385. The fraction of sp³-hybridized carbons (Fsp3) is 0.643. The zero-order valence-corrected chi connectivity index (χ0v) is 12.5. The van der Waals surface area contributed by atoms with E-state index in [9.17, 15) is 9.50 Å². The van der Waals surface area contributed by atoms with Gasteiger partial charge in [0, 0.05) is 13.1 Å². The first-order valence-electron chi connectivity index (χ1n) is 6.82. The van der Waals surface area contributed by atoms with Crippen molar-refractivity contribution >= 4 is 5.82 Å². The fourth-order valence-corrected chi connectivity index (χ4v) is 1.34. The summed E-state index contributed by atoms with van der Waals surface area (Å²) in [6.07, 6.45) is 1.51. The van der Waals surface area contributed by atoms with Crippen LogP contribution in [0.1, 0.15) is 32.3 Å². The average molecular weight is 287 g/mol. The Kier molecular flexibility index (Phi) is 9.03. The monoisotopic (exact) mass is 287 g/mol. The highest BCUT2D eigenvalue weighted by Gasteiger charge is 2.23. The van der Waals surface area contributed by atoms with Crippen LogP contribution in [0.3, 0.4) is 0 Å². The molecule has 0 fully saturated rings. The molecular formula is C14H26FN3O2. The first kappa shape index (κ1) is 18.8. The second kappa shape index (κ2) is 9.63. The number of aliphatic hydroxyl groups excluding tert-OH is 1. The number of hydrogen-bond donors (Lipinski definition) is 4. The molecule has 0 amide bonds. The van der Waals surface area contributed by atoms with Gasteiger partial charge in [0.15, 0.2) is 0 Å². The van der Waals surface area contributed by atoms with Crippen LogP contribution in [0.15, 0.2) is 12.1 Å². The number of rotatable bonds is 6. The van der Waals surface area contributed by atoms with Crippen molar-refractivity contribution in [2.75, 3.05) is 25.0 Å². The Morgan fingerprint density at radius 1 is 1.40 bits per heavy atom. The minimum atomic E-state index is -1.30. The van der Waals surface area contributed by atoms with Gasteiger partial charge in [-0.3, -0.25) is 0 Å². The van der Waals surface area contributed by atoms with Gasteiger partial charge in [-0.2, -0.15) is 4.39 Å². The SMILES string of the molecule is CCC.Cc1ccc(F)nc1NCCC(O)(CN)CO. The molecule has 1 heterocycles. The van der Waals surface area contributed by atoms with E-state index in [0.717, 1.165) is 5.56 Å². The van der Waals surface area contributed by atoms with Crippen molar-refractivity contribution in [3.8, 4) is 0 Å². The molecule has 0 bridgehead atoms. The molecule has 0 aliphatic heterocycles. The van der Waals surface area contributed by atoms with Crippen molar-refractivity contribution in [1.82, 2.24) is 4.98 Å². The van der Waals surface area contributed by atoms with Gasteiger partial charge in [0.05, 0.1) is 6.61 Å². The van der Waals surface area contributed by atoms with E-state index in [0.29, 0.717) is 12.4 Å². The Labute approximate surface area is 120 Å². The van der Waals surface area contributed by atoms with Gasteiger partial charge in [-0.05, 0) is 25.0 Å². The summed E-state index contributed by atoms with van der Waals surface area (Å²) in [6.45, 7) is 5.98. The summed E-state index contributed by atoms with van der Waals surface area (Å²) in [7, 11) is 0. The van der Waals surface area contributed by atoms with E-state index >= 15 is 0 Å². The van der Waals surface area contributed by atoms with Crippen LogP contribution in [-0.2, 0) is 0 Å². The summed E-state index contributed by atoms with van der Waals surface area (Å²) >= 11 is 0. The van der Waals surface area contributed by atoms with Crippen LogP contribution in [0.2, 0.25) is 0 Å². The third-order valence-electron chi connectivity index (χ3n) is 2.62. The van der Waals surface area contributed by atoms with Gasteiger partial charge in [-0.25, -0.2) is 4.98 Å².